The van der Waals surface area contributed by atoms with Crippen LogP contribution < -0.4 is 10.1 Å². The zero-order valence-electron chi connectivity index (χ0n) is 17.0. The van der Waals surface area contributed by atoms with Crippen LogP contribution in [0.2, 0.25) is 0 Å². The van der Waals surface area contributed by atoms with Gasteiger partial charge < -0.3 is 15.2 Å². The quantitative estimate of drug-likeness (QED) is 0.538. The van der Waals surface area contributed by atoms with E-state index in [-0.39, 0.29) is 6.04 Å². The van der Waals surface area contributed by atoms with Crippen molar-refractivity contribution in [3.8, 4) is 17.0 Å². The van der Waals surface area contributed by atoms with Gasteiger partial charge in [0.05, 0.1) is 23.7 Å². The second kappa shape index (κ2) is 7.21. The van der Waals surface area contributed by atoms with Crippen molar-refractivity contribution in [2.24, 2.45) is 0 Å². The van der Waals surface area contributed by atoms with Crippen LogP contribution in [0.5, 0.6) is 5.88 Å². The predicted molar refractivity (Wildman–Crippen MR) is 115 cm³/mol. The van der Waals surface area contributed by atoms with Crippen molar-refractivity contribution in [3.63, 3.8) is 0 Å². The van der Waals surface area contributed by atoms with Gasteiger partial charge >= 0.3 is 0 Å². The van der Waals surface area contributed by atoms with E-state index in [1.807, 2.05) is 37.4 Å². The van der Waals surface area contributed by atoms with Crippen molar-refractivity contribution in [2.45, 2.75) is 44.2 Å². The van der Waals surface area contributed by atoms with Gasteiger partial charge in [-0.3, -0.25) is 9.97 Å². The average molecular weight is 404 g/mol. The lowest BCUT2D eigenvalue weighted by Crippen LogP contribution is -2.36. The van der Waals surface area contributed by atoms with E-state index >= 15 is 0 Å². The first-order valence-electron chi connectivity index (χ1n) is 10.2. The number of nitrogens with one attached hydrogen (secondary N) is 1. The number of rotatable bonds is 4. The largest absolute Gasteiger partial charge is 0.479 e. The Morgan fingerprint density at radius 3 is 2.67 bits per heavy atom. The van der Waals surface area contributed by atoms with Gasteiger partial charge in [0.15, 0.2) is 0 Å². The second-order valence-electron chi connectivity index (χ2n) is 8.14. The molecule has 0 amide bonds. The van der Waals surface area contributed by atoms with Gasteiger partial charge in [0, 0.05) is 30.2 Å². The van der Waals surface area contributed by atoms with Gasteiger partial charge in [-0.2, -0.15) is 4.98 Å². The molecule has 1 aliphatic rings. The Morgan fingerprint density at radius 1 is 1.13 bits per heavy atom. The van der Waals surface area contributed by atoms with E-state index in [9.17, 15) is 5.11 Å². The lowest BCUT2D eigenvalue weighted by molar-refractivity contribution is 0.0195. The summed E-state index contributed by atoms with van der Waals surface area (Å²) in [6, 6.07) is 8.23. The minimum absolute atomic E-state index is 0.237. The molecule has 0 spiro atoms. The van der Waals surface area contributed by atoms with Crippen LogP contribution in [0.15, 0.2) is 42.9 Å². The summed E-state index contributed by atoms with van der Waals surface area (Å²) in [6.07, 6.45) is 8.58. The SMILES string of the molecule is COc1nc(N[C@H]2CC[C@](C)(O)CC2)nn2ccc(-c3ccc4nccnc4c3)c12. The number of aliphatic hydroxyl groups is 1. The summed E-state index contributed by atoms with van der Waals surface area (Å²) in [7, 11) is 1.62. The number of methoxy groups -OCH3 is 1. The maximum absolute atomic E-state index is 10.2. The van der Waals surface area contributed by atoms with Gasteiger partial charge in [0.2, 0.25) is 11.8 Å². The summed E-state index contributed by atoms with van der Waals surface area (Å²) in [5, 5.41) is 18.2. The van der Waals surface area contributed by atoms with E-state index in [1.165, 1.54) is 0 Å². The number of nitrogens with zero attached hydrogens (tertiary/aromatic N) is 5. The molecule has 3 aromatic heterocycles. The van der Waals surface area contributed by atoms with Crippen LogP contribution in [0.3, 0.4) is 0 Å². The van der Waals surface area contributed by atoms with E-state index in [0.717, 1.165) is 53.4 Å². The van der Waals surface area contributed by atoms with Crippen LogP contribution in [0.4, 0.5) is 5.95 Å². The fraction of sp³-hybridized carbons (Fsp3) is 0.364. The Morgan fingerprint density at radius 2 is 1.90 bits per heavy atom. The molecule has 30 heavy (non-hydrogen) atoms. The molecule has 1 fully saturated rings. The molecule has 0 aliphatic heterocycles. The molecule has 5 rings (SSSR count). The smallest absolute Gasteiger partial charge is 0.244 e. The number of hydrogen-bond donors (Lipinski definition) is 2. The van der Waals surface area contributed by atoms with E-state index < -0.39 is 5.60 Å². The fourth-order valence-electron chi connectivity index (χ4n) is 4.13. The minimum atomic E-state index is -0.569. The van der Waals surface area contributed by atoms with Crippen LogP contribution >= 0.6 is 0 Å². The van der Waals surface area contributed by atoms with Gasteiger partial charge in [-0.15, -0.1) is 5.10 Å². The van der Waals surface area contributed by atoms with Crippen molar-refractivity contribution < 1.29 is 9.84 Å². The standard InChI is InChI=1S/C22H24N6O2/c1-22(29)8-5-15(6-9-22)25-21-26-20(30-2)19-16(7-12-28(19)27-21)14-3-4-17-18(13-14)24-11-10-23-17/h3-4,7,10-13,15,29H,5-6,8-9H2,1-2H3,(H,25,27)/t15-,22-. The van der Waals surface area contributed by atoms with Crippen LogP contribution in [0, 0.1) is 0 Å². The van der Waals surface area contributed by atoms with Crippen molar-refractivity contribution >= 4 is 22.5 Å². The van der Waals surface area contributed by atoms with Crippen molar-refractivity contribution in [1.29, 1.82) is 0 Å². The third-order valence-corrected chi connectivity index (χ3v) is 5.85. The van der Waals surface area contributed by atoms with Gasteiger partial charge in [-0.25, -0.2) is 4.52 Å². The van der Waals surface area contributed by atoms with Crippen molar-refractivity contribution in [3.05, 3.63) is 42.9 Å². The highest BCUT2D eigenvalue weighted by Gasteiger charge is 2.29. The summed E-state index contributed by atoms with van der Waals surface area (Å²) in [4.78, 5) is 13.4. The fourth-order valence-corrected chi connectivity index (χ4v) is 4.13. The first-order chi connectivity index (χ1) is 14.5. The molecule has 0 unspecified atom stereocenters. The lowest BCUT2D eigenvalue weighted by atomic mass is 9.84. The molecule has 8 nitrogen and oxygen atoms in total. The zero-order chi connectivity index (χ0) is 20.7. The molecule has 4 aromatic rings. The number of anilines is 1. The normalized spacial score (nSPS) is 21.8. The molecule has 0 radical (unpaired) electrons. The molecule has 1 aliphatic carbocycles. The first kappa shape index (κ1) is 18.7. The number of benzene rings is 1. The molecule has 0 saturated heterocycles. The molecule has 2 N–H and O–H groups in total. The Bertz CT molecular complexity index is 1210. The number of aromatic nitrogens is 5. The minimum Gasteiger partial charge on any atom is -0.479 e. The van der Waals surface area contributed by atoms with E-state index in [2.05, 4.69) is 25.4 Å². The Kier molecular flexibility index (Phi) is 4.51. The van der Waals surface area contributed by atoms with Gasteiger partial charge in [-0.1, -0.05) is 6.07 Å². The predicted octanol–water partition coefficient (Wildman–Crippen LogP) is 3.45. The molecule has 0 atom stereocenters. The Hall–Kier alpha value is -3.26. The van der Waals surface area contributed by atoms with Crippen LogP contribution in [0.25, 0.3) is 27.7 Å². The molecule has 1 saturated carbocycles. The molecule has 1 aromatic carbocycles. The summed E-state index contributed by atoms with van der Waals surface area (Å²) >= 11 is 0. The van der Waals surface area contributed by atoms with Crippen LogP contribution in [0.1, 0.15) is 32.6 Å². The molecule has 3 heterocycles. The molecule has 8 heteroatoms. The molecular formula is C22H24N6O2. The molecular weight excluding hydrogens is 380 g/mol. The highest BCUT2D eigenvalue weighted by Crippen LogP contribution is 2.33. The van der Waals surface area contributed by atoms with E-state index in [0.29, 0.717) is 11.8 Å². The zero-order valence-corrected chi connectivity index (χ0v) is 17.0. The highest BCUT2D eigenvalue weighted by atomic mass is 16.5. The summed E-state index contributed by atoms with van der Waals surface area (Å²) in [5.74, 6) is 1.03. The first-order valence-corrected chi connectivity index (χ1v) is 10.2. The van der Waals surface area contributed by atoms with Crippen molar-refractivity contribution in [2.75, 3.05) is 12.4 Å². The third kappa shape index (κ3) is 3.43. The molecule has 154 valence electrons. The van der Waals surface area contributed by atoms with Crippen LogP contribution in [-0.2, 0) is 0 Å². The maximum Gasteiger partial charge on any atom is 0.244 e. The number of ether oxygens (including phenoxy) is 1. The molecule has 0 bridgehead atoms. The van der Waals surface area contributed by atoms with E-state index in [4.69, 9.17) is 4.74 Å². The van der Waals surface area contributed by atoms with Gasteiger partial charge in [0.1, 0.15) is 5.52 Å². The third-order valence-electron chi connectivity index (χ3n) is 5.85. The lowest BCUT2D eigenvalue weighted by Gasteiger charge is -2.33. The second-order valence-corrected chi connectivity index (χ2v) is 8.14. The number of hydrogen-bond acceptors (Lipinski definition) is 7. The Balaban J connectivity index is 1.49. The summed E-state index contributed by atoms with van der Waals surface area (Å²) in [6.45, 7) is 1.90. The average Bonchev–Trinajstić information content (AvgIpc) is 3.18. The summed E-state index contributed by atoms with van der Waals surface area (Å²) in [5.41, 5.74) is 3.90. The van der Waals surface area contributed by atoms with E-state index in [1.54, 1.807) is 24.0 Å². The Labute approximate surface area is 174 Å². The van der Waals surface area contributed by atoms with Gasteiger partial charge in [0.25, 0.3) is 0 Å². The van der Waals surface area contributed by atoms with Crippen molar-refractivity contribution in [1.82, 2.24) is 24.6 Å². The number of fused-ring (bicyclic) bond motifs is 2. The topological polar surface area (TPSA) is 97.5 Å². The monoisotopic (exact) mass is 404 g/mol. The highest BCUT2D eigenvalue weighted by molar-refractivity contribution is 5.89. The maximum atomic E-state index is 10.2. The van der Waals surface area contributed by atoms with Crippen LogP contribution in [-0.4, -0.2) is 48.4 Å². The summed E-state index contributed by atoms with van der Waals surface area (Å²) < 4.78 is 7.41. The van der Waals surface area contributed by atoms with Gasteiger partial charge in [-0.05, 0) is 56.4 Å².